The second-order valence-corrected chi connectivity index (χ2v) is 7.57. The molecule has 0 atom stereocenters. The lowest BCUT2D eigenvalue weighted by Crippen LogP contribution is -2.37. The molecule has 9 heteroatoms. The topological polar surface area (TPSA) is 95.7 Å². The van der Waals surface area contributed by atoms with Gasteiger partial charge in [-0.05, 0) is 41.8 Å². The van der Waals surface area contributed by atoms with Gasteiger partial charge in [0.2, 0.25) is 0 Å². The fourth-order valence-corrected chi connectivity index (χ4v) is 3.08. The molecule has 3 aromatic rings. The summed E-state index contributed by atoms with van der Waals surface area (Å²) in [6.45, 7) is 3.36. The number of hydrogen-bond acceptors (Lipinski definition) is 5. The summed E-state index contributed by atoms with van der Waals surface area (Å²) in [6, 6.07) is 15.7. The predicted octanol–water partition coefficient (Wildman–Crippen LogP) is 3.53. The molecule has 0 fully saturated rings. The molecule has 0 aliphatic heterocycles. The molecule has 0 saturated heterocycles. The third kappa shape index (κ3) is 7.55. The van der Waals surface area contributed by atoms with Crippen molar-refractivity contribution in [1.82, 2.24) is 25.7 Å². The molecule has 0 saturated carbocycles. The van der Waals surface area contributed by atoms with E-state index in [1.807, 2.05) is 43.3 Å². The molecule has 0 unspecified atom stereocenters. The molecular formula is C24H31IN6O2. The van der Waals surface area contributed by atoms with Crippen molar-refractivity contribution in [2.75, 3.05) is 27.7 Å². The largest absolute Gasteiger partial charge is 0.356 e. The van der Waals surface area contributed by atoms with Crippen LogP contribution in [0.25, 0.3) is 11.5 Å². The maximum Gasteiger partial charge on any atom is 0.257 e. The highest BCUT2D eigenvalue weighted by Crippen LogP contribution is 2.18. The van der Waals surface area contributed by atoms with Gasteiger partial charge in [0.1, 0.15) is 0 Å². The van der Waals surface area contributed by atoms with Crippen molar-refractivity contribution < 1.29 is 9.32 Å². The Morgan fingerprint density at radius 1 is 1.03 bits per heavy atom. The zero-order valence-corrected chi connectivity index (χ0v) is 21.8. The lowest BCUT2D eigenvalue weighted by atomic mass is 10.1. The number of carbonyl (C=O) groups is 1. The molecule has 2 N–H and O–H groups in total. The molecule has 1 aromatic heterocycles. The van der Waals surface area contributed by atoms with Gasteiger partial charge in [-0.3, -0.25) is 9.79 Å². The Morgan fingerprint density at radius 3 is 2.27 bits per heavy atom. The van der Waals surface area contributed by atoms with Crippen LogP contribution in [-0.2, 0) is 19.4 Å². The molecule has 176 valence electrons. The van der Waals surface area contributed by atoms with E-state index in [0.29, 0.717) is 23.8 Å². The minimum Gasteiger partial charge on any atom is -0.356 e. The van der Waals surface area contributed by atoms with Gasteiger partial charge in [0.25, 0.3) is 11.8 Å². The van der Waals surface area contributed by atoms with Crippen LogP contribution >= 0.6 is 24.0 Å². The number of halogens is 1. The minimum atomic E-state index is -0.00202. The fraction of sp³-hybridized carbons (Fsp3) is 0.333. The first-order valence-electron chi connectivity index (χ1n) is 10.7. The van der Waals surface area contributed by atoms with Crippen molar-refractivity contribution in [3.05, 3.63) is 71.0 Å². The highest BCUT2D eigenvalue weighted by molar-refractivity contribution is 14.0. The molecule has 33 heavy (non-hydrogen) atoms. The van der Waals surface area contributed by atoms with E-state index >= 15 is 0 Å². The van der Waals surface area contributed by atoms with Crippen molar-refractivity contribution in [2.45, 2.75) is 26.3 Å². The number of aliphatic imine (C=N–C) groups is 1. The number of aryl methyl sites for hydroxylation is 1. The molecule has 0 radical (unpaired) electrons. The number of aromatic nitrogens is 2. The molecular weight excluding hydrogens is 531 g/mol. The van der Waals surface area contributed by atoms with Crippen LogP contribution in [0.1, 0.15) is 34.2 Å². The van der Waals surface area contributed by atoms with E-state index in [1.165, 1.54) is 5.56 Å². The SMILES string of the molecule is CCc1noc(-c2ccc(CCNC(=NC)NCc3ccc(C(=O)N(C)C)cc3)cc2)n1.I. The first kappa shape index (κ1) is 26.3. The van der Waals surface area contributed by atoms with Crippen molar-refractivity contribution in [3.8, 4) is 11.5 Å². The summed E-state index contributed by atoms with van der Waals surface area (Å²) >= 11 is 0. The van der Waals surface area contributed by atoms with Crippen LogP contribution in [0.5, 0.6) is 0 Å². The van der Waals surface area contributed by atoms with Gasteiger partial charge in [-0.2, -0.15) is 4.98 Å². The molecule has 0 spiro atoms. The summed E-state index contributed by atoms with van der Waals surface area (Å²) in [5.41, 5.74) is 3.88. The monoisotopic (exact) mass is 562 g/mol. The van der Waals surface area contributed by atoms with E-state index in [0.717, 1.165) is 36.5 Å². The van der Waals surface area contributed by atoms with Crippen LogP contribution in [0.2, 0.25) is 0 Å². The molecule has 2 aromatic carbocycles. The maximum atomic E-state index is 12.0. The van der Waals surface area contributed by atoms with Gasteiger partial charge in [0.15, 0.2) is 11.8 Å². The summed E-state index contributed by atoms with van der Waals surface area (Å²) in [5, 5.41) is 10.6. The van der Waals surface area contributed by atoms with Gasteiger partial charge in [-0.25, -0.2) is 0 Å². The van der Waals surface area contributed by atoms with E-state index in [4.69, 9.17) is 4.52 Å². The highest BCUT2D eigenvalue weighted by atomic mass is 127. The van der Waals surface area contributed by atoms with Gasteiger partial charge in [-0.1, -0.05) is 36.3 Å². The van der Waals surface area contributed by atoms with Crippen molar-refractivity contribution in [3.63, 3.8) is 0 Å². The zero-order chi connectivity index (χ0) is 22.9. The minimum absolute atomic E-state index is 0. The van der Waals surface area contributed by atoms with E-state index in [2.05, 4.69) is 37.9 Å². The number of rotatable bonds is 8. The number of benzene rings is 2. The summed E-state index contributed by atoms with van der Waals surface area (Å²) in [6.07, 6.45) is 1.61. The normalized spacial score (nSPS) is 11.0. The molecule has 0 bridgehead atoms. The third-order valence-corrected chi connectivity index (χ3v) is 4.98. The summed E-state index contributed by atoms with van der Waals surface area (Å²) in [4.78, 5) is 22.2. The van der Waals surface area contributed by atoms with Gasteiger partial charge in [0, 0.05) is 51.8 Å². The van der Waals surface area contributed by atoms with E-state index in [9.17, 15) is 4.79 Å². The number of nitrogens with zero attached hydrogens (tertiary/aromatic N) is 4. The Hall–Kier alpha value is -2.95. The smallest absolute Gasteiger partial charge is 0.257 e. The Bertz CT molecular complexity index is 1050. The average molecular weight is 562 g/mol. The molecule has 3 rings (SSSR count). The van der Waals surface area contributed by atoms with Gasteiger partial charge < -0.3 is 20.1 Å². The predicted molar refractivity (Wildman–Crippen MR) is 141 cm³/mol. The van der Waals surface area contributed by atoms with Crippen LogP contribution < -0.4 is 10.6 Å². The van der Waals surface area contributed by atoms with Crippen LogP contribution in [0.3, 0.4) is 0 Å². The Balaban J connectivity index is 0.00000385. The number of carbonyl (C=O) groups excluding carboxylic acids is 1. The first-order valence-corrected chi connectivity index (χ1v) is 10.7. The lowest BCUT2D eigenvalue weighted by molar-refractivity contribution is 0.0827. The third-order valence-electron chi connectivity index (χ3n) is 4.98. The molecule has 8 nitrogen and oxygen atoms in total. The van der Waals surface area contributed by atoms with Crippen molar-refractivity contribution in [2.24, 2.45) is 4.99 Å². The van der Waals surface area contributed by atoms with E-state index < -0.39 is 0 Å². The second kappa shape index (κ2) is 12.9. The lowest BCUT2D eigenvalue weighted by Gasteiger charge is -2.13. The van der Waals surface area contributed by atoms with E-state index in [1.54, 1.807) is 26.0 Å². The van der Waals surface area contributed by atoms with E-state index in [-0.39, 0.29) is 29.9 Å². The number of hydrogen-bond donors (Lipinski definition) is 2. The number of nitrogens with one attached hydrogen (secondary N) is 2. The Kier molecular flexibility index (Phi) is 10.3. The molecule has 1 amide bonds. The number of guanidine groups is 1. The standard InChI is InChI=1S/C24H30N6O2.HI/c1-5-21-28-22(32-29-21)19-10-6-17(7-11-19)14-15-26-24(25-2)27-16-18-8-12-20(13-9-18)23(31)30(3)4;/h6-13H,5,14-16H2,1-4H3,(H2,25,26,27);1H. The quantitative estimate of drug-likeness (QED) is 0.248. The number of amides is 1. The fourth-order valence-electron chi connectivity index (χ4n) is 3.08. The average Bonchev–Trinajstić information content (AvgIpc) is 3.31. The summed E-state index contributed by atoms with van der Waals surface area (Å²) < 4.78 is 5.28. The second-order valence-electron chi connectivity index (χ2n) is 7.57. The zero-order valence-electron chi connectivity index (χ0n) is 19.5. The molecule has 0 aliphatic carbocycles. The van der Waals surface area contributed by atoms with Crippen molar-refractivity contribution in [1.29, 1.82) is 0 Å². The summed E-state index contributed by atoms with van der Waals surface area (Å²) in [5.74, 6) is 1.99. The first-order chi connectivity index (χ1) is 15.5. The van der Waals surface area contributed by atoms with Crippen LogP contribution in [0.15, 0.2) is 58.0 Å². The molecule has 0 aliphatic rings. The van der Waals surface area contributed by atoms with Gasteiger partial charge in [-0.15, -0.1) is 24.0 Å². The highest BCUT2D eigenvalue weighted by Gasteiger charge is 2.08. The van der Waals surface area contributed by atoms with Crippen molar-refractivity contribution >= 4 is 35.8 Å². The van der Waals surface area contributed by atoms with Gasteiger partial charge >= 0.3 is 0 Å². The maximum absolute atomic E-state index is 12.0. The Morgan fingerprint density at radius 2 is 1.70 bits per heavy atom. The molecule has 1 heterocycles. The van der Waals surface area contributed by atoms with Gasteiger partial charge in [0.05, 0.1) is 0 Å². The van der Waals surface area contributed by atoms with Crippen LogP contribution in [0.4, 0.5) is 0 Å². The Labute approximate surface area is 211 Å². The van der Waals surface area contributed by atoms with Crippen LogP contribution in [0, 0.1) is 0 Å². The summed E-state index contributed by atoms with van der Waals surface area (Å²) in [7, 11) is 5.24. The van der Waals surface area contributed by atoms with Crippen LogP contribution in [-0.4, -0.2) is 54.6 Å².